The van der Waals surface area contributed by atoms with Gasteiger partial charge in [0, 0.05) is 48.3 Å². The van der Waals surface area contributed by atoms with E-state index in [-0.39, 0.29) is 24.4 Å². The fourth-order valence-electron chi connectivity index (χ4n) is 5.10. The Morgan fingerprint density at radius 2 is 1.82 bits per heavy atom. The van der Waals surface area contributed by atoms with E-state index >= 15 is 0 Å². The van der Waals surface area contributed by atoms with Crippen molar-refractivity contribution in [3.8, 4) is 5.69 Å². The SMILES string of the molecule is O=C(CCN1C(=S)N[C@H](c2ccccn2)[C@@H]1c1cccn1-c1cccnc1)Nc1cccc2ccccc12. The zero-order valence-corrected chi connectivity index (χ0v) is 21.4. The number of aromatic nitrogens is 3. The summed E-state index contributed by atoms with van der Waals surface area (Å²) < 4.78 is 2.12. The fraction of sp³-hybridized carbons (Fsp3) is 0.133. The lowest BCUT2D eigenvalue weighted by molar-refractivity contribution is -0.116. The standard InChI is InChI=1S/C30H26N6OS/c37-27(33-24-13-5-9-21-8-1-2-11-23(21)24)15-19-36-29(28(34-30(36)38)25-12-3-4-17-32-25)26-14-7-18-35(26)22-10-6-16-31-20-22/h1-14,16-18,20,28-29H,15,19H2,(H,33,37)(H,34,38)/t28-,29+/m1/s1. The van der Waals surface area contributed by atoms with Crippen LogP contribution in [0.1, 0.15) is 29.9 Å². The highest BCUT2D eigenvalue weighted by Crippen LogP contribution is 2.39. The number of nitrogens with zero attached hydrogens (tertiary/aromatic N) is 4. The second-order valence-corrected chi connectivity index (χ2v) is 9.55. The maximum Gasteiger partial charge on any atom is 0.226 e. The summed E-state index contributed by atoms with van der Waals surface area (Å²) in [5.41, 5.74) is 3.69. The fourth-order valence-corrected chi connectivity index (χ4v) is 5.44. The third-order valence-electron chi connectivity index (χ3n) is 6.85. The first-order chi connectivity index (χ1) is 18.7. The molecule has 1 fully saturated rings. The smallest absolute Gasteiger partial charge is 0.226 e. The van der Waals surface area contributed by atoms with Crippen molar-refractivity contribution in [1.29, 1.82) is 0 Å². The molecule has 0 unspecified atom stereocenters. The second-order valence-electron chi connectivity index (χ2n) is 9.16. The monoisotopic (exact) mass is 518 g/mol. The molecule has 38 heavy (non-hydrogen) atoms. The van der Waals surface area contributed by atoms with Crippen molar-refractivity contribution in [2.45, 2.75) is 18.5 Å². The first kappa shape index (κ1) is 23.8. The number of nitrogens with one attached hydrogen (secondary N) is 2. The summed E-state index contributed by atoms with van der Waals surface area (Å²) in [5, 5.41) is 9.27. The molecule has 1 amide bonds. The maximum atomic E-state index is 13.1. The van der Waals surface area contributed by atoms with Crippen LogP contribution in [-0.2, 0) is 4.79 Å². The molecule has 2 aromatic carbocycles. The minimum absolute atomic E-state index is 0.0631. The van der Waals surface area contributed by atoms with E-state index in [4.69, 9.17) is 12.2 Å². The Labute approximate surface area is 226 Å². The van der Waals surface area contributed by atoms with Gasteiger partial charge in [-0.1, -0.05) is 42.5 Å². The van der Waals surface area contributed by atoms with Crippen LogP contribution in [0.5, 0.6) is 0 Å². The predicted molar refractivity (Wildman–Crippen MR) is 153 cm³/mol. The van der Waals surface area contributed by atoms with Crippen molar-refractivity contribution < 1.29 is 4.79 Å². The van der Waals surface area contributed by atoms with E-state index in [0.29, 0.717) is 11.7 Å². The molecular formula is C30H26N6OS. The van der Waals surface area contributed by atoms with Crippen LogP contribution in [-0.4, -0.2) is 37.0 Å². The lowest BCUT2D eigenvalue weighted by Gasteiger charge is -2.28. The number of amides is 1. The van der Waals surface area contributed by atoms with Crippen LogP contribution < -0.4 is 10.6 Å². The third kappa shape index (κ3) is 4.62. The van der Waals surface area contributed by atoms with Crippen molar-refractivity contribution in [1.82, 2.24) is 24.8 Å². The summed E-state index contributed by atoms with van der Waals surface area (Å²) in [6.07, 6.45) is 7.69. The molecule has 2 atom stereocenters. The van der Waals surface area contributed by atoms with Gasteiger partial charge in [0.1, 0.15) is 0 Å². The van der Waals surface area contributed by atoms with Crippen LogP contribution in [0.3, 0.4) is 0 Å². The van der Waals surface area contributed by atoms with Crippen molar-refractivity contribution in [2.24, 2.45) is 0 Å². The van der Waals surface area contributed by atoms with Crippen molar-refractivity contribution >= 4 is 39.7 Å². The van der Waals surface area contributed by atoms with Gasteiger partial charge in [0.05, 0.1) is 29.7 Å². The molecule has 1 aliphatic rings. The van der Waals surface area contributed by atoms with Gasteiger partial charge in [-0.15, -0.1) is 0 Å². The lowest BCUT2D eigenvalue weighted by Crippen LogP contribution is -2.33. The summed E-state index contributed by atoms with van der Waals surface area (Å²) in [6, 6.07) is 27.6. The van der Waals surface area contributed by atoms with Gasteiger partial charge in [-0.25, -0.2) is 0 Å². The zero-order chi connectivity index (χ0) is 25.9. The summed E-state index contributed by atoms with van der Waals surface area (Å²) >= 11 is 5.81. The number of anilines is 1. The van der Waals surface area contributed by atoms with Crippen LogP contribution in [0.2, 0.25) is 0 Å². The molecular weight excluding hydrogens is 492 g/mol. The topological polar surface area (TPSA) is 75.1 Å². The predicted octanol–water partition coefficient (Wildman–Crippen LogP) is 5.42. The molecule has 0 aliphatic carbocycles. The van der Waals surface area contributed by atoms with Gasteiger partial charge in [0.25, 0.3) is 0 Å². The highest BCUT2D eigenvalue weighted by atomic mass is 32.1. The Kier molecular flexibility index (Phi) is 6.54. The summed E-state index contributed by atoms with van der Waals surface area (Å²) in [6.45, 7) is 0.453. The molecule has 188 valence electrons. The molecule has 8 heteroatoms. The number of hydrogen-bond donors (Lipinski definition) is 2. The number of benzene rings is 2. The quantitative estimate of drug-likeness (QED) is 0.280. The van der Waals surface area contributed by atoms with E-state index in [1.165, 1.54) is 0 Å². The molecule has 5 aromatic rings. The van der Waals surface area contributed by atoms with E-state index in [0.717, 1.165) is 33.5 Å². The Morgan fingerprint density at radius 3 is 2.66 bits per heavy atom. The Hall–Kier alpha value is -4.56. The molecule has 0 bridgehead atoms. The van der Waals surface area contributed by atoms with Crippen LogP contribution in [0.15, 0.2) is 110 Å². The minimum atomic E-state index is -0.171. The normalized spacial score (nSPS) is 16.9. The number of carbonyl (C=O) groups is 1. The van der Waals surface area contributed by atoms with Gasteiger partial charge >= 0.3 is 0 Å². The molecule has 7 nitrogen and oxygen atoms in total. The number of fused-ring (bicyclic) bond motifs is 1. The van der Waals surface area contributed by atoms with Crippen LogP contribution >= 0.6 is 12.2 Å². The largest absolute Gasteiger partial charge is 0.352 e. The minimum Gasteiger partial charge on any atom is -0.352 e. The van der Waals surface area contributed by atoms with Crippen molar-refractivity contribution in [2.75, 3.05) is 11.9 Å². The molecule has 0 spiro atoms. The van der Waals surface area contributed by atoms with Gasteiger partial charge < -0.3 is 20.1 Å². The molecule has 2 N–H and O–H groups in total. The summed E-state index contributed by atoms with van der Waals surface area (Å²) in [4.78, 5) is 24.1. The molecule has 1 saturated heterocycles. The van der Waals surface area contributed by atoms with E-state index in [2.05, 4.69) is 36.1 Å². The Morgan fingerprint density at radius 1 is 0.947 bits per heavy atom. The first-order valence-electron chi connectivity index (χ1n) is 12.5. The van der Waals surface area contributed by atoms with E-state index in [1.807, 2.05) is 91.3 Å². The average molecular weight is 519 g/mol. The van der Waals surface area contributed by atoms with Crippen molar-refractivity contribution in [3.63, 3.8) is 0 Å². The van der Waals surface area contributed by atoms with Gasteiger partial charge in [-0.05, 0) is 60.1 Å². The third-order valence-corrected chi connectivity index (χ3v) is 7.20. The van der Waals surface area contributed by atoms with Crippen LogP contribution in [0.4, 0.5) is 5.69 Å². The number of rotatable bonds is 7. The number of pyridine rings is 2. The number of carbonyl (C=O) groups excluding carboxylic acids is 1. The highest BCUT2D eigenvalue weighted by molar-refractivity contribution is 7.80. The van der Waals surface area contributed by atoms with Gasteiger partial charge in [0.15, 0.2) is 5.11 Å². The van der Waals surface area contributed by atoms with E-state index < -0.39 is 0 Å². The van der Waals surface area contributed by atoms with Gasteiger partial charge in [-0.3, -0.25) is 14.8 Å². The maximum absolute atomic E-state index is 13.1. The first-order valence-corrected chi connectivity index (χ1v) is 12.9. The van der Waals surface area contributed by atoms with E-state index in [9.17, 15) is 4.79 Å². The van der Waals surface area contributed by atoms with Crippen LogP contribution in [0.25, 0.3) is 16.5 Å². The molecule has 0 radical (unpaired) electrons. The second kappa shape index (κ2) is 10.4. The Balaban J connectivity index is 1.28. The van der Waals surface area contributed by atoms with Crippen LogP contribution in [0, 0.1) is 0 Å². The summed E-state index contributed by atoms with van der Waals surface area (Å²) in [5.74, 6) is -0.0631. The molecule has 1 aliphatic heterocycles. The number of hydrogen-bond acceptors (Lipinski definition) is 4. The van der Waals surface area contributed by atoms with Gasteiger partial charge in [0.2, 0.25) is 5.91 Å². The van der Waals surface area contributed by atoms with Crippen molar-refractivity contribution in [3.05, 3.63) is 121 Å². The lowest BCUT2D eigenvalue weighted by atomic mass is 10.0. The molecule has 0 saturated carbocycles. The summed E-state index contributed by atoms with van der Waals surface area (Å²) in [7, 11) is 0. The molecule has 6 rings (SSSR count). The highest BCUT2D eigenvalue weighted by Gasteiger charge is 2.41. The Bertz CT molecular complexity index is 1580. The zero-order valence-electron chi connectivity index (χ0n) is 20.6. The average Bonchev–Trinajstić information content (AvgIpc) is 3.57. The molecule has 4 heterocycles. The van der Waals surface area contributed by atoms with E-state index in [1.54, 1.807) is 12.4 Å². The number of thiocarbonyl (C=S) groups is 1. The van der Waals surface area contributed by atoms with Gasteiger partial charge in [-0.2, -0.15) is 0 Å². The molecule has 3 aromatic heterocycles.